The largest absolute Gasteiger partial charge is 0.406 e. The Hall–Kier alpha value is -1.98. The Morgan fingerprint density at radius 1 is 1.30 bits per heavy atom. The maximum Gasteiger partial charge on any atom is 0.406 e. The van der Waals surface area contributed by atoms with Gasteiger partial charge in [0.15, 0.2) is 0 Å². The van der Waals surface area contributed by atoms with Crippen molar-refractivity contribution < 1.29 is 18.0 Å². The lowest BCUT2D eigenvalue weighted by Gasteiger charge is -2.27. The van der Waals surface area contributed by atoms with Crippen LogP contribution in [0, 0.1) is 0 Å². The molecule has 2 rings (SSSR count). The summed E-state index contributed by atoms with van der Waals surface area (Å²) in [5, 5.41) is 0.798. The standard InChI is InChI=1S/C14H15F3N2O/c1-9(2)19(8-14(15,16)17)13(20)11-3-4-12-10(7-11)5-6-18-12/h3-7,9,18H,8H2,1-2H3. The van der Waals surface area contributed by atoms with Gasteiger partial charge in [0.1, 0.15) is 6.54 Å². The van der Waals surface area contributed by atoms with Crippen molar-refractivity contribution in [1.82, 2.24) is 9.88 Å². The molecule has 0 unspecified atom stereocenters. The van der Waals surface area contributed by atoms with Gasteiger partial charge in [-0.25, -0.2) is 0 Å². The molecule has 0 bridgehead atoms. The molecule has 1 aromatic heterocycles. The summed E-state index contributed by atoms with van der Waals surface area (Å²) >= 11 is 0. The molecular weight excluding hydrogens is 269 g/mol. The average Bonchev–Trinajstić information content (AvgIpc) is 2.80. The number of hydrogen-bond acceptors (Lipinski definition) is 1. The summed E-state index contributed by atoms with van der Waals surface area (Å²) in [6.45, 7) is 1.89. The van der Waals surface area contributed by atoms with Gasteiger partial charge in [0.25, 0.3) is 5.91 Å². The lowest BCUT2D eigenvalue weighted by molar-refractivity contribution is -0.143. The van der Waals surface area contributed by atoms with Gasteiger partial charge in [-0.05, 0) is 38.1 Å². The Morgan fingerprint density at radius 3 is 2.60 bits per heavy atom. The van der Waals surface area contributed by atoms with E-state index in [1.54, 1.807) is 38.2 Å². The number of nitrogens with one attached hydrogen (secondary N) is 1. The highest BCUT2D eigenvalue weighted by molar-refractivity contribution is 5.98. The first-order valence-corrected chi connectivity index (χ1v) is 6.23. The van der Waals surface area contributed by atoms with E-state index in [0.29, 0.717) is 0 Å². The zero-order valence-electron chi connectivity index (χ0n) is 11.2. The Labute approximate surface area is 114 Å². The van der Waals surface area contributed by atoms with Crippen LogP contribution in [0.15, 0.2) is 30.5 Å². The second-order valence-electron chi connectivity index (χ2n) is 4.92. The number of H-pyrrole nitrogens is 1. The maximum absolute atomic E-state index is 12.5. The Kier molecular flexibility index (Phi) is 3.74. The lowest BCUT2D eigenvalue weighted by Crippen LogP contribution is -2.43. The van der Waals surface area contributed by atoms with Crippen LogP contribution in [0.2, 0.25) is 0 Å². The van der Waals surface area contributed by atoms with Crippen LogP contribution in [0.4, 0.5) is 13.2 Å². The smallest absolute Gasteiger partial charge is 0.361 e. The van der Waals surface area contributed by atoms with Gasteiger partial charge >= 0.3 is 6.18 Å². The van der Waals surface area contributed by atoms with Crippen LogP contribution < -0.4 is 0 Å². The highest BCUT2D eigenvalue weighted by atomic mass is 19.4. The highest BCUT2D eigenvalue weighted by Gasteiger charge is 2.34. The third kappa shape index (κ3) is 3.12. The van der Waals surface area contributed by atoms with Crippen molar-refractivity contribution in [2.45, 2.75) is 26.1 Å². The van der Waals surface area contributed by atoms with E-state index in [-0.39, 0.29) is 5.56 Å². The monoisotopic (exact) mass is 284 g/mol. The van der Waals surface area contributed by atoms with E-state index in [9.17, 15) is 18.0 Å². The van der Waals surface area contributed by atoms with E-state index in [1.165, 1.54) is 6.07 Å². The number of nitrogens with zero attached hydrogens (tertiary/aromatic N) is 1. The number of halogens is 3. The minimum absolute atomic E-state index is 0.259. The molecule has 2 aromatic rings. The van der Waals surface area contributed by atoms with Gasteiger partial charge in [0, 0.05) is 28.7 Å². The molecule has 0 spiro atoms. The normalized spacial score (nSPS) is 12.1. The molecule has 108 valence electrons. The van der Waals surface area contributed by atoms with Gasteiger partial charge in [-0.1, -0.05) is 0 Å². The molecule has 1 aromatic carbocycles. The molecule has 0 aliphatic carbocycles. The number of rotatable bonds is 3. The molecule has 6 heteroatoms. The predicted octanol–water partition coefficient (Wildman–Crippen LogP) is 3.58. The third-order valence-electron chi connectivity index (χ3n) is 3.03. The van der Waals surface area contributed by atoms with E-state index in [2.05, 4.69) is 4.98 Å². The van der Waals surface area contributed by atoms with Gasteiger partial charge < -0.3 is 9.88 Å². The van der Waals surface area contributed by atoms with Crippen molar-refractivity contribution >= 4 is 16.8 Å². The van der Waals surface area contributed by atoms with Gasteiger partial charge in [0.2, 0.25) is 0 Å². The minimum atomic E-state index is -4.40. The van der Waals surface area contributed by atoms with Crippen molar-refractivity contribution in [2.24, 2.45) is 0 Å². The molecule has 0 saturated heterocycles. The fourth-order valence-corrected chi connectivity index (χ4v) is 2.03. The molecule has 1 amide bonds. The molecule has 0 aliphatic heterocycles. The van der Waals surface area contributed by atoms with E-state index >= 15 is 0 Å². The summed E-state index contributed by atoms with van der Waals surface area (Å²) in [5.74, 6) is -0.611. The van der Waals surface area contributed by atoms with Gasteiger partial charge in [0.05, 0.1) is 0 Å². The number of carbonyl (C=O) groups excluding carboxylic acids is 1. The first-order chi connectivity index (χ1) is 9.28. The van der Waals surface area contributed by atoms with Gasteiger partial charge in [-0.15, -0.1) is 0 Å². The van der Waals surface area contributed by atoms with Crippen LogP contribution in [-0.4, -0.2) is 34.6 Å². The number of amides is 1. The number of hydrogen-bond donors (Lipinski definition) is 1. The van der Waals surface area contributed by atoms with Crippen LogP contribution in [0.3, 0.4) is 0 Å². The van der Waals surface area contributed by atoms with Crippen LogP contribution in [0.1, 0.15) is 24.2 Å². The van der Waals surface area contributed by atoms with Gasteiger partial charge in [-0.3, -0.25) is 4.79 Å². The van der Waals surface area contributed by atoms with E-state index < -0.39 is 24.7 Å². The zero-order valence-corrected chi connectivity index (χ0v) is 11.2. The minimum Gasteiger partial charge on any atom is -0.361 e. The fraction of sp³-hybridized carbons (Fsp3) is 0.357. The number of fused-ring (bicyclic) bond motifs is 1. The first kappa shape index (κ1) is 14.4. The lowest BCUT2D eigenvalue weighted by atomic mass is 10.1. The van der Waals surface area contributed by atoms with Crippen molar-refractivity contribution in [2.75, 3.05) is 6.54 Å². The molecule has 0 atom stereocenters. The Balaban J connectivity index is 2.30. The number of carbonyl (C=O) groups is 1. The number of benzene rings is 1. The summed E-state index contributed by atoms with van der Waals surface area (Å²) < 4.78 is 37.6. The second kappa shape index (κ2) is 5.19. The van der Waals surface area contributed by atoms with Crippen LogP contribution in [0.5, 0.6) is 0 Å². The van der Waals surface area contributed by atoms with E-state index in [4.69, 9.17) is 0 Å². The molecule has 0 saturated carbocycles. The Bertz CT molecular complexity index is 616. The molecule has 1 N–H and O–H groups in total. The van der Waals surface area contributed by atoms with Crippen LogP contribution >= 0.6 is 0 Å². The zero-order chi connectivity index (χ0) is 14.9. The molecule has 0 radical (unpaired) electrons. The third-order valence-corrected chi connectivity index (χ3v) is 3.03. The summed E-state index contributed by atoms with van der Waals surface area (Å²) in [6.07, 6.45) is -2.69. The summed E-state index contributed by atoms with van der Waals surface area (Å²) in [4.78, 5) is 16.0. The molecular formula is C14H15F3N2O. The number of alkyl halides is 3. The summed E-state index contributed by atoms with van der Waals surface area (Å²) in [7, 11) is 0. The molecule has 1 heterocycles. The fourth-order valence-electron chi connectivity index (χ4n) is 2.03. The average molecular weight is 284 g/mol. The number of aromatic amines is 1. The molecule has 20 heavy (non-hydrogen) atoms. The molecule has 3 nitrogen and oxygen atoms in total. The van der Waals surface area contributed by atoms with Crippen molar-refractivity contribution in [3.8, 4) is 0 Å². The summed E-state index contributed by atoms with van der Waals surface area (Å²) in [6, 6.07) is 6.07. The number of aromatic nitrogens is 1. The van der Waals surface area contributed by atoms with Crippen LogP contribution in [-0.2, 0) is 0 Å². The predicted molar refractivity (Wildman–Crippen MR) is 70.5 cm³/mol. The SMILES string of the molecule is CC(C)N(CC(F)(F)F)C(=O)c1ccc2[nH]ccc2c1. The Morgan fingerprint density at radius 2 is 2.00 bits per heavy atom. The molecule has 0 fully saturated rings. The second-order valence-corrected chi connectivity index (χ2v) is 4.92. The summed E-state index contributed by atoms with van der Waals surface area (Å²) in [5.41, 5.74) is 1.10. The first-order valence-electron chi connectivity index (χ1n) is 6.23. The van der Waals surface area contributed by atoms with E-state index in [1.807, 2.05) is 0 Å². The van der Waals surface area contributed by atoms with Crippen molar-refractivity contribution in [1.29, 1.82) is 0 Å². The molecule has 0 aliphatic rings. The quantitative estimate of drug-likeness (QED) is 0.918. The van der Waals surface area contributed by atoms with Crippen LogP contribution in [0.25, 0.3) is 10.9 Å². The topological polar surface area (TPSA) is 36.1 Å². The van der Waals surface area contributed by atoms with Gasteiger partial charge in [-0.2, -0.15) is 13.2 Å². The van der Waals surface area contributed by atoms with Crippen molar-refractivity contribution in [3.05, 3.63) is 36.0 Å². The highest BCUT2D eigenvalue weighted by Crippen LogP contribution is 2.21. The van der Waals surface area contributed by atoms with Crippen molar-refractivity contribution in [3.63, 3.8) is 0 Å². The van der Waals surface area contributed by atoms with E-state index in [0.717, 1.165) is 15.8 Å². The maximum atomic E-state index is 12.5.